The molecular weight excluding hydrogens is 262 g/mol. The number of aryl methyl sites for hydroxylation is 3. The van der Waals surface area contributed by atoms with Gasteiger partial charge in [0, 0.05) is 9.75 Å². The average Bonchev–Trinajstić information content (AvgIpc) is 2.79. The molecule has 0 aliphatic carbocycles. The van der Waals surface area contributed by atoms with Gasteiger partial charge in [-0.3, -0.25) is 0 Å². The minimum Gasteiger partial charge on any atom is -0.306 e. The third-order valence-corrected chi connectivity index (χ3v) is 4.98. The van der Waals surface area contributed by atoms with Crippen molar-refractivity contribution in [1.29, 1.82) is 0 Å². The molecule has 1 N–H and O–H groups in total. The summed E-state index contributed by atoms with van der Waals surface area (Å²) in [5.74, 6) is 0. The van der Waals surface area contributed by atoms with Crippen molar-refractivity contribution >= 4 is 11.3 Å². The molecule has 0 saturated carbocycles. The lowest BCUT2D eigenvalue weighted by atomic mass is 10.0. The highest BCUT2D eigenvalue weighted by molar-refractivity contribution is 7.12. The predicted molar refractivity (Wildman–Crippen MR) is 89.7 cm³/mol. The molecule has 1 unspecified atom stereocenters. The summed E-state index contributed by atoms with van der Waals surface area (Å²) in [6.45, 7) is 9.90. The molecule has 0 amide bonds. The lowest BCUT2D eigenvalue weighted by Gasteiger charge is -2.18. The van der Waals surface area contributed by atoms with Crippen LogP contribution >= 0.6 is 11.3 Å². The molecule has 0 bridgehead atoms. The van der Waals surface area contributed by atoms with Crippen molar-refractivity contribution in [3.63, 3.8) is 0 Å². The van der Waals surface area contributed by atoms with E-state index in [4.69, 9.17) is 0 Å². The number of benzene rings is 1. The van der Waals surface area contributed by atoms with Crippen LogP contribution in [0.15, 0.2) is 30.3 Å². The van der Waals surface area contributed by atoms with Gasteiger partial charge in [-0.1, -0.05) is 38.1 Å². The summed E-state index contributed by atoms with van der Waals surface area (Å²) < 4.78 is 0. The largest absolute Gasteiger partial charge is 0.306 e. The normalized spacial score (nSPS) is 12.6. The summed E-state index contributed by atoms with van der Waals surface area (Å²) in [6, 6.07) is 11.7. The van der Waals surface area contributed by atoms with Crippen molar-refractivity contribution in [3.05, 3.63) is 56.8 Å². The van der Waals surface area contributed by atoms with Crippen LogP contribution in [0.2, 0.25) is 0 Å². The Labute approximate surface area is 127 Å². The standard InChI is InChI=1S/C18H25NS/c1-5-10-19-18(17-11-13(3)14(4)20-17)16-9-7-8-15(6-2)12-16/h7-9,11-12,18-19H,5-6,10H2,1-4H3. The van der Waals surface area contributed by atoms with E-state index in [-0.39, 0.29) is 0 Å². The van der Waals surface area contributed by atoms with E-state index in [2.05, 4.69) is 63.3 Å². The molecule has 1 aromatic carbocycles. The van der Waals surface area contributed by atoms with Gasteiger partial charge in [-0.15, -0.1) is 11.3 Å². The van der Waals surface area contributed by atoms with Crippen LogP contribution in [0.1, 0.15) is 52.8 Å². The van der Waals surface area contributed by atoms with Crippen molar-refractivity contribution < 1.29 is 0 Å². The maximum absolute atomic E-state index is 3.70. The van der Waals surface area contributed by atoms with Gasteiger partial charge in [0.25, 0.3) is 0 Å². The van der Waals surface area contributed by atoms with Crippen LogP contribution in [0, 0.1) is 13.8 Å². The highest BCUT2D eigenvalue weighted by Gasteiger charge is 2.16. The van der Waals surface area contributed by atoms with Gasteiger partial charge < -0.3 is 5.32 Å². The molecule has 2 aromatic rings. The Bertz CT molecular complexity index is 537. The molecule has 108 valence electrons. The van der Waals surface area contributed by atoms with Crippen molar-refractivity contribution in [2.45, 2.75) is 46.6 Å². The molecule has 1 heterocycles. The van der Waals surface area contributed by atoms with Crippen molar-refractivity contribution in [3.8, 4) is 0 Å². The molecule has 1 nitrogen and oxygen atoms in total. The van der Waals surface area contributed by atoms with Gasteiger partial charge in [-0.2, -0.15) is 0 Å². The molecular formula is C18H25NS. The van der Waals surface area contributed by atoms with E-state index in [0.717, 1.165) is 19.4 Å². The van der Waals surface area contributed by atoms with Crippen LogP contribution in [0.5, 0.6) is 0 Å². The molecule has 0 saturated heterocycles. The van der Waals surface area contributed by atoms with E-state index < -0.39 is 0 Å². The first-order chi connectivity index (χ1) is 9.65. The topological polar surface area (TPSA) is 12.0 Å². The monoisotopic (exact) mass is 287 g/mol. The number of thiophene rings is 1. The first kappa shape index (κ1) is 15.3. The Morgan fingerprint density at radius 1 is 1.15 bits per heavy atom. The summed E-state index contributed by atoms with van der Waals surface area (Å²) in [5, 5.41) is 3.70. The third kappa shape index (κ3) is 3.50. The van der Waals surface area contributed by atoms with Gasteiger partial charge in [-0.25, -0.2) is 0 Å². The Kier molecular flexibility index (Phi) is 5.38. The molecule has 2 rings (SSSR count). The zero-order valence-corrected chi connectivity index (χ0v) is 13.8. The molecule has 0 spiro atoms. The van der Waals surface area contributed by atoms with Gasteiger partial charge in [0.15, 0.2) is 0 Å². The van der Waals surface area contributed by atoms with Crippen LogP contribution in [-0.4, -0.2) is 6.54 Å². The minimum absolute atomic E-state index is 0.332. The van der Waals surface area contributed by atoms with Crippen LogP contribution in [-0.2, 0) is 6.42 Å². The molecule has 0 aliphatic rings. The fourth-order valence-electron chi connectivity index (χ4n) is 2.41. The molecule has 2 heteroatoms. The van der Waals surface area contributed by atoms with Gasteiger partial charge in [0.2, 0.25) is 0 Å². The molecule has 20 heavy (non-hydrogen) atoms. The van der Waals surface area contributed by atoms with Crippen LogP contribution in [0.25, 0.3) is 0 Å². The van der Waals surface area contributed by atoms with E-state index in [1.165, 1.54) is 26.4 Å². The molecule has 0 fully saturated rings. The first-order valence-electron chi connectivity index (χ1n) is 7.54. The van der Waals surface area contributed by atoms with E-state index in [1.54, 1.807) is 0 Å². The van der Waals surface area contributed by atoms with E-state index in [9.17, 15) is 0 Å². The Hall–Kier alpha value is -1.12. The quantitative estimate of drug-likeness (QED) is 0.787. The zero-order valence-electron chi connectivity index (χ0n) is 13.0. The summed E-state index contributed by atoms with van der Waals surface area (Å²) in [5.41, 5.74) is 4.20. The Balaban J connectivity index is 2.35. The van der Waals surface area contributed by atoms with Crippen molar-refractivity contribution in [2.24, 2.45) is 0 Å². The Morgan fingerprint density at radius 2 is 1.95 bits per heavy atom. The Morgan fingerprint density at radius 3 is 2.55 bits per heavy atom. The fourth-order valence-corrected chi connectivity index (χ4v) is 3.55. The number of rotatable bonds is 6. The summed E-state index contributed by atoms with van der Waals surface area (Å²) in [4.78, 5) is 2.86. The highest BCUT2D eigenvalue weighted by atomic mass is 32.1. The van der Waals surface area contributed by atoms with Gasteiger partial charge in [0.1, 0.15) is 0 Å². The maximum atomic E-state index is 3.70. The molecule has 0 radical (unpaired) electrons. The van der Waals surface area contributed by atoms with Crippen molar-refractivity contribution in [2.75, 3.05) is 6.54 Å². The summed E-state index contributed by atoms with van der Waals surface area (Å²) >= 11 is 1.92. The smallest absolute Gasteiger partial charge is 0.0671 e. The van der Waals surface area contributed by atoms with Crippen molar-refractivity contribution in [1.82, 2.24) is 5.32 Å². The highest BCUT2D eigenvalue weighted by Crippen LogP contribution is 2.31. The van der Waals surface area contributed by atoms with Gasteiger partial charge in [-0.05, 0) is 56.0 Å². The SMILES string of the molecule is CCCNC(c1cccc(CC)c1)c1cc(C)c(C)s1. The van der Waals surface area contributed by atoms with E-state index in [1.807, 2.05) is 11.3 Å². The third-order valence-electron chi connectivity index (χ3n) is 3.76. The van der Waals surface area contributed by atoms with Crippen LogP contribution < -0.4 is 5.32 Å². The molecule has 0 aliphatic heterocycles. The van der Waals surface area contributed by atoms with Gasteiger partial charge >= 0.3 is 0 Å². The lowest BCUT2D eigenvalue weighted by molar-refractivity contribution is 0.605. The number of hydrogen-bond acceptors (Lipinski definition) is 2. The van der Waals surface area contributed by atoms with E-state index >= 15 is 0 Å². The predicted octanol–water partition coefficient (Wildman–Crippen LogP) is 5.02. The second-order valence-corrected chi connectivity index (χ2v) is 6.66. The van der Waals surface area contributed by atoms with E-state index in [0.29, 0.717) is 6.04 Å². The lowest BCUT2D eigenvalue weighted by Crippen LogP contribution is -2.22. The first-order valence-corrected chi connectivity index (χ1v) is 8.36. The van der Waals surface area contributed by atoms with Gasteiger partial charge in [0.05, 0.1) is 6.04 Å². The summed E-state index contributed by atoms with van der Waals surface area (Å²) in [6.07, 6.45) is 2.25. The fraction of sp³-hybridized carbons (Fsp3) is 0.444. The number of hydrogen-bond donors (Lipinski definition) is 1. The maximum Gasteiger partial charge on any atom is 0.0671 e. The average molecular weight is 287 g/mol. The number of nitrogens with one attached hydrogen (secondary N) is 1. The molecule has 1 atom stereocenters. The van der Waals surface area contributed by atoms with Crippen LogP contribution in [0.3, 0.4) is 0 Å². The zero-order chi connectivity index (χ0) is 14.5. The van der Waals surface area contributed by atoms with Crippen LogP contribution in [0.4, 0.5) is 0 Å². The molecule has 1 aromatic heterocycles. The summed E-state index contributed by atoms with van der Waals surface area (Å²) in [7, 11) is 0. The second-order valence-electron chi connectivity index (χ2n) is 5.37. The second kappa shape index (κ2) is 7.05. The minimum atomic E-state index is 0.332.